The Morgan fingerprint density at radius 1 is 1.16 bits per heavy atom. The number of hydrazine groups is 1. The smallest absolute Gasteiger partial charge is 0.145 e. The summed E-state index contributed by atoms with van der Waals surface area (Å²) in [6, 6.07) is 15.7. The third kappa shape index (κ3) is 5.64. The van der Waals surface area contributed by atoms with Gasteiger partial charge >= 0.3 is 0 Å². The first-order chi connectivity index (χ1) is 15.0. The van der Waals surface area contributed by atoms with Gasteiger partial charge < -0.3 is 23.8 Å². The summed E-state index contributed by atoms with van der Waals surface area (Å²) >= 11 is 0. The molecule has 2 aromatic carbocycles. The summed E-state index contributed by atoms with van der Waals surface area (Å²) in [5, 5.41) is 12.1. The van der Waals surface area contributed by atoms with Crippen LogP contribution in [0.3, 0.4) is 0 Å². The van der Waals surface area contributed by atoms with Gasteiger partial charge in [-0.25, -0.2) is 5.84 Å². The SMILES string of the molecule is CCn1c(C#Cc2ccc(N(C)N)cc2)c(C#N)c2cc(OC)ccc21.COCC=O. The second kappa shape index (κ2) is 11.4. The van der Waals surface area contributed by atoms with E-state index in [1.54, 1.807) is 19.2 Å². The molecule has 1 aromatic heterocycles. The maximum atomic E-state index is 9.69. The largest absolute Gasteiger partial charge is 0.497 e. The van der Waals surface area contributed by atoms with E-state index in [1.165, 1.54) is 7.11 Å². The van der Waals surface area contributed by atoms with Crippen molar-refractivity contribution < 1.29 is 14.3 Å². The first-order valence-electron chi connectivity index (χ1n) is 9.64. The van der Waals surface area contributed by atoms with Crippen LogP contribution in [-0.2, 0) is 16.1 Å². The highest BCUT2D eigenvalue weighted by Gasteiger charge is 2.15. The van der Waals surface area contributed by atoms with Gasteiger partial charge in [0.25, 0.3) is 0 Å². The van der Waals surface area contributed by atoms with Crippen LogP contribution >= 0.6 is 0 Å². The van der Waals surface area contributed by atoms with Gasteiger partial charge in [-0.05, 0) is 55.3 Å². The molecule has 0 aliphatic heterocycles. The van der Waals surface area contributed by atoms with Crippen molar-refractivity contribution in [1.82, 2.24) is 4.57 Å². The topological polar surface area (TPSA) is 93.5 Å². The lowest BCUT2D eigenvalue weighted by atomic mass is 10.1. The molecule has 0 bridgehead atoms. The highest BCUT2D eigenvalue weighted by atomic mass is 16.5. The molecular weight excluding hydrogens is 392 g/mol. The van der Waals surface area contributed by atoms with E-state index in [-0.39, 0.29) is 6.61 Å². The molecule has 160 valence electrons. The fourth-order valence-electron chi connectivity index (χ4n) is 3.01. The van der Waals surface area contributed by atoms with Crippen molar-refractivity contribution in [1.29, 1.82) is 5.26 Å². The van der Waals surface area contributed by atoms with Gasteiger partial charge in [-0.1, -0.05) is 5.92 Å². The van der Waals surface area contributed by atoms with Gasteiger partial charge in [0, 0.05) is 31.7 Å². The number of nitrogens with two attached hydrogens (primary N) is 1. The van der Waals surface area contributed by atoms with E-state index in [0.29, 0.717) is 11.8 Å². The minimum Gasteiger partial charge on any atom is -0.497 e. The van der Waals surface area contributed by atoms with Crippen LogP contribution in [0.1, 0.15) is 23.7 Å². The first kappa shape index (κ1) is 23.5. The molecule has 0 aliphatic rings. The van der Waals surface area contributed by atoms with Crippen molar-refractivity contribution in [2.24, 2.45) is 5.84 Å². The van der Waals surface area contributed by atoms with Crippen LogP contribution in [0.4, 0.5) is 5.69 Å². The molecule has 0 atom stereocenters. The Balaban J connectivity index is 0.000000614. The third-order valence-corrected chi connectivity index (χ3v) is 4.53. The monoisotopic (exact) mass is 418 g/mol. The molecule has 1 heterocycles. The molecule has 0 spiro atoms. The maximum absolute atomic E-state index is 9.69. The molecule has 3 aromatic rings. The van der Waals surface area contributed by atoms with Gasteiger partial charge in [0.2, 0.25) is 0 Å². The fourth-order valence-corrected chi connectivity index (χ4v) is 3.01. The van der Waals surface area contributed by atoms with Crippen molar-refractivity contribution in [3.63, 3.8) is 0 Å². The number of anilines is 1. The van der Waals surface area contributed by atoms with Crippen LogP contribution in [-0.4, -0.2) is 38.7 Å². The number of ether oxygens (including phenoxy) is 2. The summed E-state index contributed by atoms with van der Waals surface area (Å²) in [5.41, 5.74) is 4.05. The summed E-state index contributed by atoms with van der Waals surface area (Å²) in [4.78, 5) is 9.28. The van der Waals surface area contributed by atoms with Gasteiger partial charge in [-0.15, -0.1) is 0 Å². The lowest BCUT2D eigenvalue weighted by Crippen LogP contribution is -2.24. The number of benzene rings is 2. The number of rotatable bonds is 5. The van der Waals surface area contributed by atoms with E-state index in [4.69, 9.17) is 10.6 Å². The van der Waals surface area contributed by atoms with Crippen molar-refractivity contribution in [3.05, 3.63) is 59.3 Å². The van der Waals surface area contributed by atoms with E-state index in [1.807, 2.05) is 49.4 Å². The zero-order valence-electron chi connectivity index (χ0n) is 18.2. The van der Waals surface area contributed by atoms with E-state index < -0.39 is 0 Å². The zero-order valence-corrected chi connectivity index (χ0v) is 18.2. The molecule has 31 heavy (non-hydrogen) atoms. The number of aromatic nitrogens is 1. The van der Waals surface area contributed by atoms with Crippen LogP contribution in [0.25, 0.3) is 10.9 Å². The minimum atomic E-state index is 0.208. The average Bonchev–Trinajstić information content (AvgIpc) is 3.10. The number of nitriles is 1. The van der Waals surface area contributed by atoms with Gasteiger partial charge in [-0.3, -0.25) is 0 Å². The van der Waals surface area contributed by atoms with Crippen molar-refractivity contribution in [2.75, 3.05) is 32.9 Å². The molecule has 0 saturated carbocycles. The molecule has 0 amide bonds. The normalized spacial score (nSPS) is 9.68. The number of hydrogen-bond donors (Lipinski definition) is 1. The summed E-state index contributed by atoms with van der Waals surface area (Å²) in [5.74, 6) is 12.8. The lowest BCUT2D eigenvalue weighted by molar-refractivity contribution is -0.110. The molecular formula is C24H26N4O3. The summed E-state index contributed by atoms with van der Waals surface area (Å²) < 4.78 is 11.7. The molecule has 0 radical (unpaired) electrons. The number of aldehydes is 1. The first-order valence-corrected chi connectivity index (χ1v) is 9.64. The summed E-state index contributed by atoms with van der Waals surface area (Å²) in [6.45, 7) is 2.98. The van der Waals surface area contributed by atoms with Crippen LogP contribution in [0.2, 0.25) is 0 Å². The Kier molecular flexibility index (Phi) is 8.65. The van der Waals surface area contributed by atoms with Crippen LogP contribution in [0.15, 0.2) is 42.5 Å². The van der Waals surface area contributed by atoms with Gasteiger partial charge in [0.15, 0.2) is 0 Å². The number of aryl methyl sites for hydroxylation is 1. The Morgan fingerprint density at radius 3 is 2.35 bits per heavy atom. The third-order valence-electron chi connectivity index (χ3n) is 4.53. The summed E-state index contributed by atoms with van der Waals surface area (Å²) in [6.07, 6.45) is 0.708. The van der Waals surface area contributed by atoms with Crippen LogP contribution in [0, 0.1) is 23.2 Å². The molecule has 0 saturated heterocycles. The standard InChI is InChI=1S/C21H20N4O.C3H6O2/c1-4-25-20-12-10-17(26-3)13-18(20)19(14-22)21(25)11-7-15-5-8-16(9-6-15)24(2)23;1-5-3-2-4/h5-6,8-10,12-13H,4,23H2,1-3H3;2H,3H2,1H3. The van der Waals surface area contributed by atoms with Crippen molar-refractivity contribution in [3.8, 4) is 23.7 Å². The predicted molar refractivity (Wildman–Crippen MR) is 122 cm³/mol. The molecule has 7 nitrogen and oxygen atoms in total. The van der Waals surface area contributed by atoms with E-state index in [2.05, 4.69) is 27.2 Å². The highest BCUT2D eigenvalue weighted by Crippen LogP contribution is 2.29. The number of carbonyl (C=O) groups is 1. The number of carbonyl (C=O) groups excluding carboxylic acids is 1. The molecule has 0 unspecified atom stereocenters. The number of hydrogen-bond acceptors (Lipinski definition) is 6. The zero-order chi connectivity index (χ0) is 22.8. The van der Waals surface area contributed by atoms with Crippen LogP contribution < -0.4 is 15.6 Å². The molecule has 0 aliphatic carbocycles. The Bertz CT molecular complexity index is 1130. The lowest BCUT2D eigenvalue weighted by Gasteiger charge is -2.10. The van der Waals surface area contributed by atoms with Gasteiger partial charge in [-0.2, -0.15) is 5.26 Å². The Hall–Kier alpha value is -3.78. The minimum absolute atomic E-state index is 0.208. The maximum Gasteiger partial charge on any atom is 0.145 e. The quantitative estimate of drug-likeness (QED) is 0.296. The summed E-state index contributed by atoms with van der Waals surface area (Å²) in [7, 11) is 4.88. The molecule has 7 heteroatoms. The number of fused-ring (bicyclic) bond motifs is 1. The Labute approximate surface area is 182 Å². The number of nitrogens with zero attached hydrogens (tertiary/aromatic N) is 3. The average molecular weight is 418 g/mol. The Morgan fingerprint density at radius 2 is 1.87 bits per heavy atom. The van der Waals surface area contributed by atoms with Crippen molar-refractivity contribution in [2.45, 2.75) is 13.5 Å². The van der Waals surface area contributed by atoms with E-state index >= 15 is 0 Å². The van der Waals surface area contributed by atoms with Gasteiger partial charge in [0.1, 0.15) is 30.4 Å². The molecule has 0 fully saturated rings. The fraction of sp³-hybridized carbons (Fsp3) is 0.250. The van der Waals surface area contributed by atoms with E-state index in [9.17, 15) is 10.1 Å². The van der Waals surface area contributed by atoms with Crippen LogP contribution in [0.5, 0.6) is 5.75 Å². The highest BCUT2D eigenvalue weighted by molar-refractivity contribution is 5.90. The van der Waals surface area contributed by atoms with Gasteiger partial charge in [0.05, 0.1) is 23.9 Å². The second-order valence-electron chi connectivity index (χ2n) is 6.49. The van der Waals surface area contributed by atoms with Crippen molar-refractivity contribution >= 4 is 22.9 Å². The molecule has 2 N–H and O–H groups in total. The predicted octanol–water partition coefficient (Wildman–Crippen LogP) is 3.08. The number of methoxy groups -OCH3 is 2. The molecule has 3 rings (SSSR count). The van der Waals surface area contributed by atoms with E-state index in [0.717, 1.165) is 40.1 Å². The second-order valence-corrected chi connectivity index (χ2v) is 6.49.